The molecule has 0 aliphatic carbocycles. The van der Waals surface area contributed by atoms with Crippen LogP contribution in [0, 0.1) is 0 Å². The zero-order valence-corrected chi connectivity index (χ0v) is 9.62. The molecule has 6 nitrogen and oxygen atoms in total. The first-order valence-corrected chi connectivity index (χ1v) is 5.36. The Morgan fingerprint density at radius 2 is 1.94 bits per heavy atom. The van der Waals surface area contributed by atoms with Crippen LogP contribution < -0.4 is 10.6 Å². The van der Waals surface area contributed by atoms with Crippen molar-refractivity contribution in [3.8, 4) is 0 Å². The second-order valence-electron chi connectivity index (χ2n) is 3.27. The Labute approximate surface area is 95.4 Å². The van der Waals surface area contributed by atoms with Gasteiger partial charge in [-0.05, 0) is 6.42 Å². The summed E-state index contributed by atoms with van der Waals surface area (Å²) in [6.07, 6.45) is 1.00. The van der Waals surface area contributed by atoms with E-state index in [0.717, 1.165) is 0 Å². The van der Waals surface area contributed by atoms with Crippen LogP contribution in [0.1, 0.15) is 19.8 Å². The molecule has 0 saturated heterocycles. The summed E-state index contributed by atoms with van der Waals surface area (Å²) in [5.74, 6) is -0.221. The number of ether oxygens (including phenoxy) is 1. The number of rotatable bonds is 9. The van der Waals surface area contributed by atoms with Gasteiger partial charge in [0.15, 0.2) is 0 Å². The van der Waals surface area contributed by atoms with E-state index in [1.807, 2.05) is 0 Å². The van der Waals surface area contributed by atoms with Crippen LogP contribution in [0.5, 0.6) is 0 Å². The number of hydrogen-bond acceptors (Lipinski definition) is 4. The van der Waals surface area contributed by atoms with E-state index >= 15 is 0 Å². The molecule has 0 heterocycles. The molecule has 0 aliphatic heterocycles. The number of aliphatic hydroxyl groups excluding tert-OH is 1. The Morgan fingerprint density at radius 1 is 1.19 bits per heavy atom. The molecule has 0 aromatic rings. The maximum absolute atomic E-state index is 11.2. The zero-order chi connectivity index (χ0) is 12.2. The highest BCUT2D eigenvalue weighted by Crippen LogP contribution is 1.82. The fourth-order valence-corrected chi connectivity index (χ4v) is 1.01. The Balaban J connectivity index is 3.20. The molecule has 0 aromatic carbocycles. The van der Waals surface area contributed by atoms with Crippen LogP contribution >= 0.6 is 0 Å². The number of hydrogen-bond donors (Lipinski definition) is 3. The second-order valence-corrected chi connectivity index (χ2v) is 3.27. The van der Waals surface area contributed by atoms with Gasteiger partial charge in [0.25, 0.3) is 0 Å². The third kappa shape index (κ3) is 10.9. The van der Waals surface area contributed by atoms with E-state index in [9.17, 15) is 9.59 Å². The van der Waals surface area contributed by atoms with E-state index in [2.05, 4.69) is 10.6 Å². The highest BCUT2D eigenvalue weighted by Gasteiger charge is 2.00. The molecule has 0 fully saturated rings. The van der Waals surface area contributed by atoms with Gasteiger partial charge in [-0.3, -0.25) is 9.59 Å². The molecule has 16 heavy (non-hydrogen) atoms. The third-order valence-corrected chi connectivity index (χ3v) is 1.75. The topological polar surface area (TPSA) is 87.7 Å². The van der Waals surface area contributed by atoms with Crippen LogP contribution in [-0.2, 0) is 14.3 Å². The van der Waals surface area contributed by atoms with Gasteiger partial charge in [0.05, 0.1) is 13.2 Å². The van der Waals surface area contributed by atoms with Gasteiger partial charge in [0.2, 0.25) is 11.8 Å². The standard InChI is InChI=1S/C10H20N2O4/c1-9(14)11-5-3-10(15)12-4-2-7-16-8-6-13/h13H,2-8H2,1H3,(H,11,14)(H,12,15). The van der Waals surface area contributed by atoms with Gasteiger partial charge in [0, 0.05) is 33.0 Å². The lowest BCUT2D eigenvalue weighted by atomic mass is 10.3. The van der Waals surface area contributed by atoms with Crippen molar-refractivity contribution in [3.63, 3.8) is 0 Å². The molecular weight excluding hydrogens is 212 g/mol. The minimum atomic E-state index is -0.134. The van der Waals surface area contributed by atoms with Gasteiger partial charge >= 0.3 is 0 Å². The normalized spacial score (nSPS) is 9.88. The van der Waals surface area contributed by atoms with Crippen LogP contribution in [0.25, 0.3) is 0 Å². The first-order chi connectivity index (χ1) is 7.66. The molecule has 0 rings (SSSR count). The van der Waals surface area contributed by atoms with Gasteiger partial charge in [-0.2, -0.15) is 0 Å². The summed E-state index contributed by atoms with van der Waals surface area (Å²) in [7, 11) is 0. The molecule has 6 heteroatoms. The van der Waals surface area contributed by atoms with Crippen LogP contribution in [0.2, 0.25) is 0 Å². The Morgan fingerprint density at radius 3 is 2.56 bits per heavy atom. The lowest BCUT2D eigenvalue weighted by molar-refractivity contribution is -0.121. The number of carbonyl (C=O) groups is 2. The lowest BCUT2D eigenvalue weighted by Gasteiger charge is -2.05. The monoisotopic (exact) mass is 232 g/mol. The van der Waals surface area contributed by atoms with Crippen molar-refractivity contribution in [1.29, 1.82) is 0 Å². The van der Waals surface area contributed by atoms with E-state index in [4.69, 9.17) is 9.84 Å². The molecule has 0 bridgehead atoms. The quantitative estimate of drug-likeness (QED) is 0.446. The van der Waals surface area contributed by atoms with Crippen molar-refractivity contribution in [2.75, 3.05) is 32.9 Å². The van der Waals surface area contributed by atoms with Gasteiger partial charge < -0.3 is 20.5 Å². The summed E-state index contributed by atoms with van der Waals surface area (Å²) in [4.78, 5) is 21.7. The molecule has 94 valence electrons. The summed E-state index contributed by atoms with van der Waals surface area (Å²) in [6.45, 7) is 3.19. The van der Waals surface area contributed by atoms with Gasteiger partial charge in [0.1, 0.15) is 0 Å². The van der Waals surface area contributed by atoms with E-state index in [1.165, 1.54) is 6.92 Å². The first-order valence-electron chi connectivity index (χ1n) is 5.36. The van der Waals surface area contributed by atoms with Crippen molar-refractivity contribution in [1.82, 2.24) is 10.6 Å². The SMILES string of the molecule is CC(=O)NCCC(=O)NCCCOCCO. The van der Waals surface area contributed by atoms with E-state index < -0.39 is 0 Å². The average molecular weight is 232 g/mol. The largest absolute Gasteiger partial charge is 0.394 e. The molecule has 0 saturated carbocycles. The fourth-order valence-electron chi connectivity index (χ4n) is 1.01. The minimum absolute atomic E-state index is 0.0169. The number of amides is 2. The predicted molar refractivity (Wildman–Crippen MR) is 58.8 cm³/mol. The molecule has 0 aliphatic rings. The summed E-state index contributed by atoms with van der Waals surface area (Å²) < 4.78 is 5.02. The van der Waals surface area contributed by atoms with Gasteiger partial charge in [-0.1, -0.05) is 0 Å². The Bertz CT molecular complexity index is 209. The van der Waals surface area contributed by atoms with E-state index in [0.29, 0.717) is 32.7 Å². The number of carbonyl (C=O) groups excluding carboxylic acids is 2. The van der Waals surface area contributed by atoms with Gasteiger partial charge in [-0.25, -0.2) is 0 Å². The maximum atomic E-state index is 11.2. The minimum Gasteiger partial charge on any atom is -0.394 e. The molecule has 2 amide bonds. The van der Waals surface area contributed by atoms with Crippen LogP contribution in [0.15, 0.2) is 0 Å². The third-order valence-electron chi connectivity index (χ3n) is 1.75. The predicted octanol–water partition coefficient (Wildman–Crippen LogP) is -0.972. The Kier molecular flexibility index (Phi) is 9.64. The van der Waals surface area contributed by atoms with Crippen LogP contribution in [0.3, 0.4) is 0 Å². The summed E-state index contributed by atoms with van der Waals surface area (Å²) >= 11 is 0. The molecule has 0 aromatic heterocycles. The van der Waals surface area contributed by atoms with Crippen molar-refractivity contribution < 1.29 is 19.4 Å². The van der Waals surface area contributed by atoms with E-state index in [-0.39, 0.29) is 24.8 Å². The smallest absolute Gasteiger partial charge is 0.221 e. The van der Waals surface area contributed by atoms with Crippen molar-refractivity contribution in [3.05, 3.63) is 0 Å². The van der Waals surface area contributed by atoms with Crippen molar-refractivity contribution in [2.24, 2.45) is 0 Å². The van der Waals surface area contributed by atoms with Gasteiger partial charge in [-0.15, -0.1) is 0 Å². The Hall–Kier alpha value is -1.14. The maximum Gasteiger partial charge on any atom is 0.221 e. The molecule has 3 N–H and O–H groups in total. The molecule has 0 unspecified atom stereocenters. The number of nitrogens with one attached hydrogen (secondary N) is 2. The lowest BCUT2D eigenvalue weighted by Crippen LogP contribution is -2.30. The molecule has 0 spiro atoms. The highest BCUT2D eigenvalue weighted by atomic mass is 16.5. The highest BCUT2D eigenvalue weighted by molar-refractivity contribution is 5.77. The average Bonchev–Trinajstić information content (AvgIpc) is 2.22. The van der Waals surface area contributed by atoms with E-state index in [1.54, 1.807) is 0 Å². The van der Waals surface area contributed by atoms with Crippen LogP contribution in [0.4, 0.5) is 0 Å². The summed E-state index contributed by atoms with van der Waals surface area (Å²) in [5.41, 5.74) is 0. The molecular formula is C10H20N2O4. The molecule has 0 atom stereocenters. The fraction of sp³-hybridized carbons (Fsp3) is 0.800. The van der Waals surface area contributed by atoms with Crippen LogP contribution in [-0.4, -0.2) is 49.8 Å². The summed E-state index contributed by atoms with van der Waals surface area (Å²) in [6, 6.07) is 0. The van der Waals surface area contributed by atoms with Crippen molar-refractivity contribution in [2.45, 2.75) is 19.8 Å². The second kappa shape index (κ2) is 10.4. The summed E-state index contributed by atoms with van der Waals surface area (Å²) in [5, 5.41) is 13.7. The first kappa shape index (κ1) is 14.9. The molecule has 0 radical (unpaired) electrons. The number of aliphatic hydroxyl groups is 1. The van der Waals surface area contributed by atoms with Crippen molar-refractivity contribution >= 4 is 11.8 Å². The zero-order valence-electron chi connectivity index (χ0n) is 9.62.